The Hall–Kier alpha value is -2.69. The van der Waals surface area contributed by atoms with Gasteiger partial charge in [-0.25, -0.2) is 0 Å². The Morgan fingerprint density at radius 2 is 1.71 bits per heavy atom. The molecule has 0 heterocycles. The molecule has 0 amide bonds. The van der Waals surface area contributed by atoms with Crippen LogP contribution >= 0.6 is 0 Å². The van der Waals surface area contributed by atoms with Crippen molar-refractivity contribution in [3.05, 3.63) is 47.5 Å². The summed E-state index contributed by atoms with van der Waals surface area (Å²) in [6, 6.07) is 9.22. The Morgan fingerprint density at radius 1 is 1.00 bits per heavy atom. The lowest BCUT2D eigenvalue weighted by Gasteiger charge is -2.17. The van der Waals surface area contributed by atoms with Crippen molar-refractivity contribution in [3.8, 4) is 23.0 Å². The van der Waals surface area contributed by atoms with Gasteiger partial charge in [-0.2, -0.15) is 0 Å². The molecule has 0 aliphatic rings. The predicted molar refractivity (Wildman–Crippen MR) is 77.2 cm³/mol. The number of rotatable bonds is 5. The molecule has 0 saturated heterocycles. The summed E-state index contributed by atoms with van der Waals surface area (Å²) >= 11 is 0. The zero-order valence-corrected chi connectivity index (χ0v) is 11.7. The monoisotopic (exact) mass is 288 g/mol. The predicted octanol–water partition coefficient (Wildman–Crippen LogP) is 2.45. The summed E-state index contributed by atoms with van der Waals surface area (Å²) < 4.78 is 10.4. The van der Waals surface area contributed by atoms with Crippen molar-refractivity contribution in [1.29, 1.82) is 0 Å². The van der Waals surface area contributed by atoms with Crippen molar-refractivity contribution in [2.24, 2.45) is 0 Å². The Labute approximate surface area is 122 Å². The molecule has 110 valence electrons. The van der Waals surface area contributed by atoms with Crippen LogP contribution in [0.1, 0.15) is 17.0 Å². The lowest BCUT2D eigenvalue weighted by molar-refractivity contribution is -0.108. The van der Waals surface area contributed by atoms with E-state index < -0.39 is 5.92 Å². The molecule has 0 saturated carbocycles. The molecule has 0 fully saturated rings. The smallest absolute Gasteiger partial charge is 0.132 e. The fourth-order valence-electron chi connectivity index (χ4n) is 2.18. The zero-order chi connectivity index (χ0) is 15.4. The van der Waals surface area contributed by atoms with Gasteiger partial charge < -0.3 is 24.5 Å². The highest BCUT2D eigenvalue weighted by Crippen LogP contribution is 2.37. The fourth-order valence-corrected chi connectivity index (χ4v) is 2.18. The van der Waals surface area contributed by atoms with Crippen molar-refractivity contribution in [2.75, 3.05) is 14.2 Å². The molecule has 0 aliphatic heterocycles. The summed E-state index contributed by atoms with van der Waals surface area (Å²) in [5, 5.41) is 19.3. The summed E-state index contributed by atoms with van der Waals surface area (Å²) in [5.41, 5.74) is 1.00. The lowest BCUT2D eigenvalue weighted by Crippen LogP contribution is -2.05. The maximum Gasteiger partial charge on any atom is 0.132 e. The first-order valence-electron chi connectivity index (χ1n) is 6.29. The molecule has 0 spiro atoms. The molecule has 5 nitrogen and oxygen atoms in total. The molecule has 2 aromatic rings. The second-order valence-corrected chi connectivity index (χ2v) is 4.46. The Kier molecular flexibility index (Phi) is 4.33. The largest absolute Gasteiger partial charge is 0.508 e. The molecule has 0 radical (unpaired) electrons. The van der Waals surface area contributed by atoms with Gasteiger partial charge in [-0.1, -0.05) is 12.1 Å². The highest BCUT2D eigenvalue weighted by atomic mass is 16.5. The Morgan fingerprint density at radius 3 is 2.29 bits per heavy atom. The zero-order valence-electron chi connectivity index (χ0n) is 11.7. The van der Waals surface area contributed by atoms with E-state index in [2.05, 4.69) is 0 Å². The third kappa shape index (κ3) is 2.91. The number of methoxy groups -OCH3 is 2. The van der Waals surface area contributed by atoms with Gasteiger partial charge in [0.2, 0.25) is 0 Å². The number of hydrogen-bond donors (Lipinski definition) is 2. The quantitative estimate of drug-likeness (QED) is 0.826. The third-order valence-electron chi connectivity index (χ3n) is 3.26. The second kappa shape index (κ2) is 6.17. The topological polar surface area (TPSA) is 76.0 Å². The van der Waals surface area contributed by atoms with Gasteiger partial charge in [0.25, 0.3) is 0 Å². The summed E-state index contributed by atoms with van der Waals surface area (Å²) in [4.78, 5) is 11.5. The van der Waals surface area contributed by atoms with Crippen molar-refractivity contribution in [3.63, 3.8) is 0 Å². The van der Waals surface area contributed by atoms with Gasteiger partial charge in [-0.3, -0.25) is 0 Å². The van der Waals surface area contributed by atoms with Gasteiger partial charge in [0, 0.05) is 23.3 Å². The second-order valence-electron chi connectivity index (χ2n) is 4.46. The van der Waals surface area contributed by atoms with Crippen molar-refractivity contribution in [2.45, 2.75) is 5.92 Å². The van der Waals surface area contributed by atoms with Crippen LogP contribution in [0, 0.1) is 0 Å². The van der Waals surface area contributed by atoms with Gasteiger partial charge in [-0.15, -0.1) is 0 Å². The van der Waals surface area contributed by atoms with Crippen LogP contribution in [-0.2, 0) is 4.79 Å². The van der Waals surface area contributed by atoms with E-state index in [4.69, 9.17) is 9.47 Å². The Bertz CT molecular complexity index is 651. The van der Waals surface area contributed by atoms with E-state index in [9.17, 15) is 15.0 Å². The highest BCUT2D eigenvalue weighted by molar-refractivity contribution is 5.72. The van der Waals surface area contributed by atoms with Gasteiger partial charge in [-0.05, 0) is 12.1 Å². The van der Waals surface area contributed by atoms with Crippen molar-refractivity contribution >= 4 is 6.29 Å². The van der Waals surface area contributed by atoms with E-state index in [1.165, 1.54) is 32.4 Å². The highest BCUT2D eigenvalue weighted by Gasteiger charge is 2.21. The number of carbonyl (C=O) groups excluding carboxylic acids is 1. The maximum atomic E-state index is 11.5. The first-order valence-corrected chi connectivity index (χ1v) is 6.29. The van der Waals surface area contributed by atoms with E-state index in [0.717, 1.165) is 6.29 Å². The molecule has 1 atom stereocenters. The molecular formula is C16H16O5. The van der Waals surface area contributed by atoms with Crippen LogP contribution in [0.25, 0.3) is 0 Å². The summed E-state index contributed by atoms with van der Waals surface area (Å²) in [6.45, 7) is 0. The molecule has 2 rings (SSSR count). The number of phenolic OH excluding ortho intramolecular Hbond substituents is 2. The molecule has 2 aromatic carbocycles. The van der Waals surface area contributed by atoms with E-state index >= 15 is 0 Å². The normalized spacial score (nSPS) is 11.7. The van der Waals surface area contributed by atoms with Crippen LogP contribution < -0.4 is 9.47 Å². The standard InChI is InChI=1S/C16H16O5/c1-20-11-4-6-13(16(8-11)21-2)14(9-17)12-5-3-10(18)7-15(12)19/h3-9,14,18-19H,1-2H3. The molecule has 0 aromatic heterocycles. The molecule has 1 unspecified atom stereocenters. The van der Waals surface area contributed by atoms with Crippen LogP contribution in [0.15, 0.2) is 36.4 Å². The molecule has 2 N–H and O–H groups in total. The van der Waals surface area contributed by atoms with E-state index in [1.54, 1.807) is 18.2 Å². The summed E-state index contributed by atoms with van der Waals surface area (Å²) in [7, 11) is 3.04. The van der Waals surface area contributed by atoms with Crippen LogP contribution in [0.3, 0.4) is 0 Å². The first kappa shape index (κ1) is 14.7. The molecule has 5 heteroatoms. The van der Waals surface area contributed by atoms with Crippen LogP contribution in [-0.4, -0.2) is 30.7 Å². The summed E-state index contributed by atoms with van der Waals surface area (Å²) in [5.74, 6) is 0.174. The third-order valence-corrected chi connectivity index (χ3v) is 3.26. The van der Waals surface area contributed by atoms with Crippen molar-refractivity contribution in [1.82, 2.24) is 0 Å². The average molecular weight is 288 g/mol. The Balaban J connectivity index is 2.53. The molecular weight excluding hydrogens is 272 g/mol. The van der Waals surface area contributed by atoms with Crippen LogP contribution in [0.4, 0.5) is 0 Å². The molecule has 0 bridgehead atoms. The molecule has 0 aliphatic carbocycles. The number of carbonyl (C=O) groups is 1. The van der Waals surface area contributed by atoms with Crippen LogP contribution in [0.5, 0.6) is 23.0 Å². The number of hydrogen-bond acceptors (Lipinski definition) is 5. The molecule has 21 heavy (non-hydrogen) atoms. The van der Waals surface area contributed by atoms with Gasteiger partial charge >= 0.3 is 0 Å². The lowest BCUT2D eigenvalue weighted by atomic mass is 9.91. The minimum absolute atomic E-state index is 0.0670. The van der Waals surface area contributed by atoms with Gasteiger partial charge in [0.1, 0.15) is 29.3 Å². The van der Waals surface area contributed by atoms with E-state index in [-0.39, 0.29) is 11.5 Å². The number of phenols is 2. The number of aromatic hydroxyl groups is 2. The number of ether oxygens (including phenoxy) is 2. The summed E-state index contributed by atoms with van der Waals surface area (Å²) in [6.07, 6.45) is 0.719. The average Bonchev–Trinajstić information content (AvgIpc) is 2.50. The van der Waals surface area contributed by atoms with Gasteiger partial charge in [0.05, 0.1) is 20.1 Å². The first-order chi connectivity index (χ1) is 10.1. The van der Waals surface area contributed by atoms with E-state index in [0.29, 0.717) is 22.6 Å². The fraction of sp³-hybridized carbons (Fsp3) is 0.188. The van der Waals surface area contributed by atoms with E-state index in [1.807, 2.05) is 0 Å². The minimum Gasteiger partial charge on any atom is -0.508 e. The van der Waals surface area contributed by atoms with Crippen molar-refractivity contribution < 1.29 is 24.5 Å². The minimum atomic E-state index is -0.702. The van der Waals surface area contributed by atoms with Crippen LogP contribution in [0.2, 0.25) is 0 Å². The number of aldehydes is 1. The maximum absolute atomic E-state index is 11.5. The SMILES string of the molecule is COc1ccc(C(C=O)c2ccc(O)cc2O)c(OC)c1. The van der Waals surface area contributed by atoms with Gasteiger partial charge in [0.15, 0.2) is 0 Å². The number of benzene rings is 2.